The molecule has 0 amide bonds. The molecule has 0 unspecified atom stereocenters. The SMILES string of the molecule is O=c1oc2ccccc2cc1-c1csc(N2N=C(c3ccc(Br)cc3)C[C@@]2(O)C(F)(F)F)n1. The molecule has 0 bridgehead atoms. The molecule has 0 saturated carbocycles. The number of alkyl halides is 3. The zero-order valence-electron chi connectivity index (χ0n) is 16.5. The van der Waals surface area contributed by atoms with Crippen molar-refractivity contribution in [3.05, 3.63) is 80.4 Å². The van der Waals surface area contributed by atoms with Crippen molar-refractivity contribution in [3.8, 4) is 11.3 Å². The Bertz CT molecular complexity index is 1450. The molecule has 33 heavy (non-hydrogen) atoms. The number of aliphatic hydroxyl groups is 1. The van der Waals surface area contributed by atoms with Crippen molar-refractivity contribution >= 4 is 49.1 Å². The number of nitrogens with zero attached hydrogens (tertiary/aromatic N) is 3. The Labute approximate surface area is 196 Å². The van der Waals surface area contributed by atoms with Gasteiger partial charge in [0.15, 0.2) is 0 Å². The maximum Gasteiger partial charge on any atom is 0.438 e. The van der Waals surface area contributed by atoms with Gasteiger partial charge >= 0.3 is 11.8 Å². The predicted octanol–water partition coefficient (Wildman–Crippen LogP) is 5.54. The number of hydrazone groups is 1. The minimum absolute atomic E-state index is 0.0595. The molecule has 6 nitrogen and oxygen atoms in total. The van der Waals surface area contributed by atoms with E-state index in [0.717, 1.165) is 15.8 Å². The molecule has 1 N–H and O–H groups in total. The number of rotatable bonds is 3. The Hall–Kier alpha value is -3.02. The predicted molar refractivity (Wildman–Crippen MR) is 122 cm³/mol. The largest absolute Gasteiger partial charge is 0.438 e. The number of anilines is 1. The molecule has 1 atom stereocenters. The number of thiazole rings is 1. The average molecular weight is 536 g/mol. The lowest BCUT2D eigenvalue weighted by Crippen LogP contribution is -2.55. The first-order chi connectivity index (χ1) is 15.7. The lowest BCUT2D eigenvalue weighted by Gasteiger charge is -2.32. The van der Waals surface area contributed by atoms with Gasteiger partial charge in [-0.1, -0.05) is 46.3 Å². The summed E-state index contributed by atoms with van der Waals surface area (Å²) < 4.78 is 47.9. The zero-order chi connectivity index (χ0) is 23.4. The summed E-state index contributed by atoms with van der Waals surface area (Å²) in [5, 5.41) is 17.1. The van der Waals surface area contributed by atoms with Crippen molar-refractivity contribution in [2.24, 2.45) is 5.10 Å². The fourth-order valence-electron chi connectivity index (χ4n) is 3.50. The third-order valence-corrected chi connectivity index (χ3v) is 6.55. The van der Waals surface area contributed by atoms with Crippen molar-refractivity contribution in [1.82, 2.24) is 4.98 Å². The van der Waals surface area contributed by atoms with E-state index in [1.54, 1.807) is 54.6 Å². The molecular formula is C22H13BrF3N3O3S. The highest BCUT2D eigenvalue weighted by molar-refractivity contribution is 9.10. The maximum absolute atomic E-state index is 13.9. The fourth-order valence-corrected chi connectivity index (χ4v) is 4.60. The van der Waals surface area contributed by atoms with Gasteiger partial charge in [0.05, 0.1) is 23.4 Å². The highest BCUT2D eigenvalue weighted by Gasteiger charge is 2.62. The normalized spacial score (nSPS) is 18.7. The van der Waals surface area contributed by atoms with Gasteiger partial charge in [-0.25, -0.2) is 9.78 Å². The summed E-state index contributed by atoms with van der Waals surface area (Å²) in [5.41, 5.74) is -2.83. The van der Waals surface area contributed by atoms with Crippen LogP contribution >= 0.6 is 27.3 Å². The topological polar surface area (TPSA) is 78.9 Å². The van der Waals surface area contributed by atoms with E-state index in [0.29, 0.717) is 21.5 Å². The minimum Gasteiger partial charge on any atom is -0.422 e. The lowest BCUT2D eigenvalue weighted by molar-refractivity contribution is -0.254. The van der Waals surface area contributed by atoms with Crippen LogP contribution in [0, 0.1) is 0 Å². The van der Waals surface area contributed by atoms with Crippen LogP contribution in [0.15, 0.2) is 78.8 Å². The number of halogens is 4. The third-order valence-electron chi connectivity index (χ3n) is 5.21. The van der Waals surface area contributed by atoms with Crippen LogP contribution in [0.5, 0.6) is 0 Å². The molecule has 0 saturated heterocycles. The van der Waals surface area contributed by atoms with Crippen molar-refractivity contribution in [2.45, 2.75) is 18.3 Å². The van der Waals surface area contributed by atoms with Gasteiger partial charge in [-0.15, -0.1) is 11.3 Å². The van der Waals surface area contributed by atoms with Crippen LogP contribution in [-0.2, 0) is 0 Å². The smallest absolute Gasteiger partial charge is 0.422 e. The van der Waals surface area contributed by atoms with Gasteiger partial charge in [0, 0.05) is 15.2 Å². The Balaban J connectivity index is 1.58. The van der Waals surface area contributed by atoms with E-state index in [2.05, 4.69) is 26.0 Å². The van der Waals surface area contributed by atoms with E-state index >= 15 is 0 Å². The van der Waals surface area contributed by atoms with Crippen LogP contribution < -0.4 is 10.6 Å². The van der Waals surface area contributed by atoms with Gasteiger partial charge in [0.2, 0.25) is 5.13 Å². The Morgan fingerprint density at radius 2 is 1.88 bits per heavy atom. The van der Waals surface area contributed by atoms with Crippen molar-refractivity contribution < 1.29 is 22.7 Å². The second kappa shape index (κ2) is 7.79. The van der Waals surface area contributed by atoms with Gasteiger partial charge in [0.25, 0.3) is 5.72 Å². The quantitative estimate of drug-likeness (QED) is 0.348. The molecule has 4 aromatic rings. The van der Waals surface area contributed by atoms with Gasteiger partial charge < -0.3 is 9.52 Å². The second-order valence-corrected chi connectivity index (χ2v) is 9.11. The number of aromatic nitrogens is 1. The standard InChI is InChI=1S/C22H13BrF3N3O3S/c23-14-7-5-12(6-8-14)16-10-21(31,22(24,25)26)29(28-16)20-27-17(11-33-20)15-9-13-3-1-2-4-18(13)32-19(15)30/h1-9,11,31H,10H2/t21-/m1/s1. The van der Waals surface area contributed by atoms with E-state index in [4.69, 9.17) is 4.42 Å². The fraction of sp³-hybridized carbons (Fsp3) is 0.136. The molecule has 0 fully saturated rings. The number of hydrogen-bond acceptors (Lipinski definition) is 7. The second-order valence-electron chi connectivity index (χ2n) is 7.36. The van der Waals surface area contributed by atoms with E-state index in [9.17, 15) is 23.1 Å². The monoisotopic (exact) mass is 535 g/mol. The van der Waals surface area contributed by atoms with E-state index in [1.807, 2.05) is 0 Å². The summed E-state index contributed by atoms with van der Waals surface area (Å²) in [6.07, 6.45) is -5.79. The van der Waals surface area contributed by atoms with Crippen LogP contribution in [0.2, 0.25) is 0 Å². The zero-order valence-corrected chi connectivity index (χ0v) is 18.9. The van der Waals surface area contributed by atoms with Gasteiger partial charge in [-0.2, -0.15) is 23.3 Å². The molecule has 11 heteroatoms. The lowest BCUT2D eigenvalue weighted by atomic mass is 10.0. The first kappa shape index (κ1) is 21.8. The van der Waals surface area contributed by atoms with Crippen LogP contribution in [0.25, 0.3) is 22.2 Å². The van der Waals surface area contributed by atoms with E-state index in [-0.39, 0.29) is 22.1 Å². The molecule has 168 valence electrons. The minimum atomic E-state index is -5.01. The molecular weight excluding hydrogens is 523 g/mol. The van der Waals surface area contributed by atoms with Crippen molar-refractivity contribution in [3.63, 3.8) is 0 Å². The first-order valence-electron chi connectivity index (χ1n) is 9.57. The van der Waals surface area contributed by atoms with Crippen molar-refractivity contribution in [2.75, 3.05) is 5.01 Å². The molecule has 5 rings (SSSR count). The molecule has 2 aromatic carbocycles. The molecule has 0 aliphatic carbocycles. The first-order valence-corrected chi connectivity index (χ1v) is 11.2. The van der Waals surface area contributed by atoms with Gasteiger partial charge in [-0.05, 0) is 29.8 Å². The molecule has 0 radical (unpaired) electrons. The van der Waals surface area contributed by atoms with Crippen LogP contribution in [0.3, 0.4) is 0 Å². The summed E-state index contributed by atoms with van der Waals surface area (Å²) in [6, 6.07) is 15.0. The molecule has 1 aliphatic rings. The Kier molecular flexibility index (Phi) is 5.15. The molecule has 0 spiro atoms. The van der Waals surface area contributed by atoms with Crippen LogP contribution in [0.4, 0.5) is 18.3 Å². The third kappa shape index (κ3) is 3.75. The Morgan fingerprint density at radius 3 is 2.61 bits per heavy atom. The van der Waals surface area contributed by atoms with Crippen LogP contribution in [0.1, 0.15) is 12.0 Å². The number of fused-ring (bicyclic) bond motifs is 1. The number of hydrogen-bond donors (Lipinski definition) is 1. The highest BCUT2D eigenvalue weighted by atomic mass is 79.9. The Morgan fingerprint density at radius 1 is 1.15 bits per heavy atom. The summed E-state index contributed by atoms with van der Waals surface area (Å²) in [7, 11) is 0. The molecule has 2 aromatic heterocycles. The molecule has 3 heterocycles. The highest BCUT2D eigenvalue weighted by Crippen LogP contribution is 2.45. The average Bonchev–Trinajstić information content (AvgIpc) is 3.39. The summed E-state index contributed by atoms with van der Waals surface area (Å²) in [6.45, 7) is 0. The van der Waals surface area contributed by atoms with Gasteiger partial charge in [-0.3, -0.25) is 0 Å². The number of benzene rings is 2. The summed E-state index contributed by atoms with van der Waals surface area (Å²) in [5.74, 6) is 0. The number of para-hydroxylation sites is 1. The molecule has 1 aliphatic heterocycles. The van der Waals surface area contributed by atoms with Crippen LogP contribution in [-0.4, -0.2) is 27.7 Å². The summed E-state index contributed by atoms with van der Waals surface area (Å²) >= 11 is 4.11. The van der Waals surface area contributed by atoms with Gasteiger partial charge in [0.1, 0.15) is 5.58 Å². The van der Waals surface area contributed by atoms with E-state index in [1.165, 1.54) is 5.38 Å². The maximum atomic E-state index is 13.9. The summed E-state index contributed by atoms with van der Waals surface area (Å²) in [4.78, 5) is 16.6. The van der Waals surface area contributed by atoms with Crippen molar-refractivity contribution in [1.29, 1.82) is 0 Å². The van der Waals surface area contributed by atoms with E-state index < -0.39 is 23.9 Å².